The third-order valence-electron chi connectivity index (χ3n) is 4.13. The van der Waals surface area contributed by atoms with E-state index in [9.17, 15) is 13.6 Å². The van der Waals surface area contributed by atoms with Gasteiger partial charge in [0.15, 0.2) is 5.96 Å². The lowest BCUT2D eigenvalue weighted by Crippen LogP contribution is -2.39. The number of rotatable bonds is 10. The monoisotopic (exact) mass is 420 g/mol. The first-order valence-corrected chi connectivity index (χ1v) is 9.38. The summed E-state index contributed by atoms with van der Waals surface area (Å²) in [5.74, 6) is 0.902. The molecule has 0 fully saturated rings. The van der Waals surface area contributed by atoms with Gasteiger partial charge in [0.2, 0.25) is 5.91 Å². The topological polar surface area (TPSA) is 84.0 Å². The number of carbonyl (C=O) groups excluding carboxylic acids is 1. The molecule has 162 valence electrons. The molecule has 2 aromatic carbocycles. The van der Waals surface area contributed by atoms with Gasteiger partial charge in [-0.05, 0) is 23.8 Å². The van der Waals surface area contributed by atoms with Crippen molar-refractivity contribution in [3.63, 3.8) is 0 Å². The van der Waals surface area contributed by atoms with E-state index < -0.39 is 6.61 Å². The first kappa shape index (κ1) is 22.9. The van der Waals surface area contributed by atoms with Crippen LogP contribution in [0.1, 0.15) is 17.5 Å². The van der Waals surface area contributed by atoms with E-state index in [4.69, 9.17) is 4.74 Å². The molecule has 0 aromatic heterocycles. The van der Waals surface area contributed by atoms with Crippen molar-refractivity contribution in [3.05, 3.63) is 59.7 Å². The van der Waals surface area contributed by atoms with Crippen LogP contribution in [0.25, 0.3) is 0 Å². The minimum absolute atomic E-state index is 0.0500. The molecule has 0 saturated carbocycles. The normalized spacial score (nSPS) is 11.2. The Morgan fingerprint density at radius 2 is 1.83 bits per heavy atom. The molecule has 7 nitrogen and oxygen atoms in total. The predicted octanol–water partition coefficient (Wildman–Crippen LogP) is 2.67. The first-order valence-electron chi connectivity index (χ1n) is 9.38. The van der Waals surface area contributed by atoms with E-state index in [1.54, 1.807) is 19.2 Å². The Labute approximate surface area is 174 Å². The van der Waals surface area contributed by atoms with Crippen molar-refractivity contribution in [2.24, 2.45) is 4.99 Å². The summed E-state index contributed by atoms with van der Waals surface area (Å²) < 4.78 is 34.9. The van der Waals surface area contributed by atoms with Crippen LogP contribution in [0.2, 0.25) is 0 Å². The van der Waals surface area contributed by atoms with Crippen LogP contribution >= 0.6 is 0 Å². The van der Waals surface area contributed by atoms with Gasteiger partial charge < -0.3 is 25.4 Å². The van der Waals surface area contributed by atoms with Crippen LogP contribution in [0.5, 0.6) is 11.5 Å². The maximum Gasteiger partial charge on any atom is 0.387 e. The second kappa shape index (κ2) is 12.3. The van der Waals surface area contributed by atoms with E-state index in [0.29, 0.717) is 30.4 Å². The molecule has 30 heavy (non-hydrogen) atoms. The Morgan fingerprint density at radius 3 is 2.50 bits per heavy atom. The Morgan fingerprint density at radius 1 is 1.07 bits per heavy atom. The maximum absolute atomic E-state index is 12.6. The van der Waals surface area contributed by atoms with Gasteiger partial charge in [0, 0.05) is 38.7 Å². The van der Waals surface area contributed by atoms with Crippen molar-refractivity contribution < 1.29 is 23.0 Å². The Kier molecular flexibility index (Phi) is 9.36. The van der Waals surface area contributed by atoms with Crippen LogP contribution in [0, 0.1) is 0 Å². The van der Waals surface area contributed by atoms with Crippen LogP contribution < -0.4 is 25.4 Å². The lowest BCUT2D eigenvalue weighted by molar-refractivity contribution is -0.121. The molecule has 2 rings (SSSR count). The van der Waals surface area contributed by atoms with Crippen LogP contribution in [-0.4, -0.2) is 39.2 Å². The molecule has 0 spiro atoms. The zero-order chi connectivity index (χ0) is 21.8. The number of nitrogens with one attached hydrogen (secondary N) is 3. The van der Waals surface area contributed by atoms with E-state index in [1.165, 1.54) is 13.2 Å². The minimum atomic E-state index is -2.93. The van der Waals surface area contributed by atoms with Gasteiger partial charge in [0.1, 0.15) is 11.5 Å². The fourth-order valence-corrected chi connectivity index (χ4v) is 2.61. The van der Waals surface area contributed by atoms with E-state index in [2.05, 4.69) is 25.7 Å². The molecule has 9 heteroatoms. The largest absolute Gasteiger partial charge is 0.497 e. The molecule has 0 heterocycles. The highest BCUT2D eigenvalue weighted by Gasteiger charge is 2.12. The highest BCUT2D eigenvalue weighted by atomic mass is 19.3. The average molecular weight is 420 g/mol. The zero-order valence-corrected chi connectivity index (χ0v) is 17.0. The molecule has 0 radical (unpaired) electrons. The molecule has 0 atom stereocenters. The molecule has 0 aliphatic heterocycles. The average Bonchev–Trinajstić information content (AvgIpc) is 2.75. The molecular formula is C21H26F2N4O3. The van der Waals surface area contributed by atoms with Crippen LogP contribution in [0.3, 0.4) is 0 Å². The maximum atomic E-state index is 12.6. The number of carbonyl (C=O) groups is 1. The summed E-state index contributed by atoms with van der Waals surface area (Å²) >= 11 is 0. The van der Waals surface area contributed by atoms with Crippen LogP contribution in [-0.2, 0) is 17.9 Å². The van der Waals surface area contributed by atoms with Crippen molar-refractivity contribution >= 4 is 11.9 Å². The second-order valence-electron chi connectivity index (χ2n) is 6.22. The van der Waals surface area contributed by atoms with E-state index >= 15 is 0 Å². The molecule has 0 aliphatic rings. The fraction of sp³-hybridized carbons (Fsp3) is 0.333. The van der Waals surface area contributed by atoms with E-state index in [-0.39, 0.29) is 24.6 Å². The Bertz CT molecular complexity index is 832. The number of nitrogens with zero attached hydrogens (tertiary/aromatic N) is 1. The summed E-state index contributed by atoms with van der Waals surface area (Å²) in [6.07, 6.45) is 0.256. The number of halogens is 2. The van der Waals surface area contributed by atoms with Gasteiger partial charge in [-0.3, -0.25) is 9.79 Å². The molecule has 0 bridgehead atoms. The Balaban J connectivity index is 1.80. The van der Waals surface area contributed by atoms with Crippen LogP contribution in [0.4, 0.5) is 8.78 Å². The smallest absolute Gasteiger partial charge is 0.387 e. The number of alkyl halides is 2. The SMILES string of the molecule is CN=C(NCCC(=O)NCc1ccccc1)NCc1cc(OC)ccc1OC(F)F. The number of amides is 1. The third kappa shape index (κ3) is 7.94. The highest BCUT2D eigenvalue weighted by Crippen LogP contribution is 2.25. The molecule has 0 aliphatic carbocycles. The summed E-state index contributed by atoms with van der Waals surface area (Å²) in [7, 11) is 3.07. The van der Waals surface area contributed by atoms with Crippen molar-refractivity contribution in [2.45, 2.75) is 26.1 Å². The van der Waals surface area contributed by atoms with Crippen molar-refractivity contribution in [3.8, 4) is 11.5 Å². The van der Waals surface area contributed by atoms with Gasteiger partial charge in [-0.25, -0.2) is 0 Å². The van der Waals surface area contributed by atoms with Crippen molar-refractivity contribution in [1.82, 2.24) is 16.0 Å². The van der Waals surface area contributed by atoms with Gasteiger partial charge in [0.25, 0.3) is 0 Å². The van der Waals surface area contributed by atoms with Gasteiger partial charge in [0.05, 0.1) is 7.11 Å². The predicted molar refractivity (Wildman–Crippen MR) is 111 cm³/mol. The number of benzene rings is 2. The number of hydrogen-bond donors (Lipinski definition) is 3. The highest BCUT2D eigenvalue weighted by molar-refractivity contribution is 5.81. The zero-order valence-electron chi connectivity index (χ0n) is 17.0. The summed E-state index contributed by atoms with van der Waals surface area (Å²) in [6.45, 7) is -1.92. The fourth-order valence-electron chi connectivity index (χ4n) is 2.61. The lowest BCUT2D eigenvalue weighted by Gasteiger charge is -2.15. The quantitative estimate of drug-likeness (QED) is 0.407. The molecule has 0 unspecified atom stereocenters. The standard InChI is InChI=1S/C21H26F2N4O3/c1-24-21(25-11-10-19(28)26-13-15-6-4-3-5-7-15)27-14-16-12-17(29-2)8-9-18(16)30-20(22)23/h3-9,12,20H,10-11,13-14H2,1-2H3,(H,26,28)(H2,24,25,27). The summed E-state index contributed by atoms with van der Waals surface area (Å²) in [5, 5.41) is 8.87. The number of ether oxygens (including phenoxy) is 2. The lowest BCUT2D eigenvalue weighted by atomic mass is 10.2. The molecule has 3 N–H and O–H groups in total. The summed E-state index contributed by atoms with van der Waals surface area (Å²) in [4.78, 5) is 16.0. The molecule has 0 saturated heterocycles. The van der Waals surface area contributed by atoms with Crippen molar-refractivity contribution in [1.29, 1.82) is 0 Å². The van der Waals surface area contributed by atoms with Crippen molar-refractivity contribution in [2.75, 3.05) is 20.7 Å². The van der Waals surface area contributed by atoms with Crippen LogP contribution in [0.15, 0.2) is 53.5 Å². The van der Waals surface area contributed by atoms with E-state index in [0.717, 1.165) is 5.56 Å². The van der Waals surface area contributed by atoms with E-state index in [1.807, 2.05) is 30.3 Å². The summed E-state index contributed by atoms with van der Waals surface area (Å²) in [6, 6.07) is 14.2. The number of methoxy groups -OCH3 is 1. The molecule has 1 amide bonds. The minimum Gasteiger partial charge on any atom is -0.497 e. The first-order chi connectivity index (χ1) is 14.5. The van der Waals surface area contributed by atoms with Gasteiger partial charge in [-0.15, -0.1) is 0 Å². The number of hydrogen-bond acceptors (Lipinski definition) is 4. The molecular weight excluding hydrogens is 394 g/mol. The van der Waals surface area contributed by atoms with Gasteiger partial charge in [-0.1, -0.05) is 30.3 Å². The van der Waals surface area contributed by atoms with Gasteiger partial charge in [-0.2, -0.15) is 8.78 Å². The third-order valence-corrected chi connectivity index (χ3v) is 4.13. The second-order valence-corrected chi connectivity index (χ2v) is 6.22. The molecule has 2 aromatic rings. The number of guanidine groups is 1. The summed E-state index contributed by atoms with van der Waals surface area (Å²) in [5.41, 5.74) is 1.51. The number of aliphatic imine (C=N–C) groups is 1. The Hall–Kier alpha value is -3.36. The van der Waals surface area contributed by atoms with Gasteiger partial charge >= 0.3 is 6.61 Å².